The summed E-state index contributed by atoms with van der Waals surface area (Å²) < 4.78 is 16.6. The van der Waals surface area contributed by atoms with Gasteiger partial charge in [-0.15, -0.1) is 0 Å². The molecule has 0 bridgehead atoms. The third-order valence-electron chi connectivity index (χ3n) is 2.79. The largest absolute Gasteiger partial charge is 0.385 e. The average molecular weight is 245 g/mol. The van der Waals surface area contributed by atoms with E-state index in [0.29, 0.717) is 6.61 Å². The Labute approximate surface area is 107 Å². The number of unbranched alkanes of at least 4 members (excludes halogenated alkanes) is 1. The Bertz CT molecular complexity index is 150. The monoisotopic (exact) mass is 245 g/mol. The van der Waals surface area contributed by atoms with Crippen LogP contribution in [0, 0.1) is 6.92 Å². The molecule has 0 spiro atoms. The van der Waals surface area contributed by atoms with Crippen LogP contribution >= 0.6 is 0 Å². The van der Waals surface area contributed by atoms with Crippen molar-refractivity contribution in [3.05, 3.63) is 6.92 Å². The molecule has 0 aliphatic heterocycles. The lowest BCUT2D eigenvalue weighted by Crippen LogP contribution is -2.24. The van der Waals surface area contributed by atoms with Gasteiger partial charge in [0.05, 0.1) is 18.8 Å². The molecule has 103 valence electrons. The maximum atomic E-state index is 5.81. The van der Waals surface area contributed by atoms with Crippen molar-refractivity contribution in [3.8, 4) is 0 Å². The Morgan fingerprint density at radius 2 is 1.82 bits per heavy atom. The zero-order valence-corrected chi connectivity index (χ0v) is 11.7. The van der Waals surface area contributed by atoms with Crippen LogP contribution < -0.4 is 0 Å². The van der Waals surface area contributed by atoms with Crippen LogP contribution in [0.4, 0.5) is 0 Å². The second-order valence-corrected chi connectivity index (χ2v) is 4.28. The number of methoxy groups -OCH3 is 1. The quantitative estimate of drug-likeness (QED) is 0.494. The summed E-state index contributed by atoms with van der Waals surface area (Å²) in [5.41, 5.74) is 0. The minimum Gasteiger partial charge on any atom is -0.385 e. The Morgan fingerprint density at radius 1 is 1.06 bits per heavy atom. The zero-order valence-electron chi connectivity index (χ0n) is 11.7. The maximum absolute atomic E-state index is 5.81. The average Bonchev–Trinajstić information content (AvgIpc) is 2.36. The minimum atomic E-state index is 0.193. The van der Waals surface area contributed by atoms with Crippen LogP contribution in [0.15, 0.2) is 0 Å². The Hall–Kier alpha value is -0.120. The topological polar surface area (TPSA) is 27.7 Å². The molecule has 0 aromatic heterocycles. The first-order valence-corrected chi connectivity index (χ1v) is 6.79. The van der Waals surface area contributed by atoms with Crippen molar-refractivity contribution in [1.82, 2.24) is 0 Å². The van der Waals surface area contributed by atoms with E-state index < -0.39 is 0 Å². The van der Waals surface area contributed by atoms with Crippen molar-refractivity contribution >= 4 is 0 Å². The molecule has 3 nitrogen and oxygen atoms in total. The van der Waals surface area contributed by atoms with E-state index in [-0.39, 0.29) is 12.2 Å². The fourth-order valence-electron chi connectivity index (χ4n) is 1.48. The third kappa shape index (κ3) is 9.57. The molecule has 0 fully saturated rings. The summed E-state index contributed by atoms with van der Waals surface area (Å²) in [5, 5.41) is 0. The molecule has 0 heterocycles. The fraction of sp³-hybridized carbons (Fsp3) is 0.929. The highest BCUT2D eigenvalue weighted by Crippen LogP contribution is 2.08. The molecule has 0 amide bonds. The van der Waals surface area contributed by atoms with Gasteiger partial charge in [0.25, 0.3) is 0 Å². The zero-order chi connectivity index (χ0) is 12.9. The van der Waals surface area contributed by atoms with Gasteiger partial charge in [-0.25, -0.2) is 0 Å². The predicted molar refractivity (Wildman–Crippen MR) is 71.1 cm³/mol. The lowest BCUT2D eigenvalue weighted by atomic mass is 10.2. The lowest BCUT2D eigenvalue weighted by Gasteiger charge is -2.21. The van der Waals surface area contributed by atoms with Gasteiger partial charge in [-0.2, -0.15) is 0 Å². The number of hydrogen-bond donors (Lipinski definition) is 0. The summed E-state index contributed by atoms with van der Waals surface area (Å²) in [4.78, 5) is 0. The van der Waals surface area contributed by atoms with Crippen molar-refractivity contribution in [2.45, 2.75) is 58.2 Å². The molecule has 0 saturated heterocycles. The van der Waals surface area contributed by atoms with Crippen molar-refractivity contribution in [2.75, 3.05) is 26.9 Å². The standard InChI is InChI=1S/C14H29O3/c1-5-8-10-16-14(7-3)12-17-13(6-2)9-11-15-4/h13-14H,2,5-12H2,1,3-4H3. The van der Waals surface area contributed by atoms with E-state index in [1.807, 2.05) is 0 Å². The second-order valence-electron chi connectivity index (χ2n) is 4.28. The van der Waals surface area contributed by atoms with Gasteiger partial charge in [-0.3, -0.25) is 0 Å². The minimum absolute atomic E-state index is 0.193. The van der Waals surface area contributed by atoms with Gasteiger partial charge in [0, 0.05) is 20.3 Å². The molecule has 17 heavy (non-hydrogen) atoms. The van der Waals surface area contributed by atoms with Crippen LogP contribution in [0.3, 0.4) is 0 Å². The van der Waals surface area contributed by atoms with Crippen LogP contribution in [-0.2, 0) is 14.2 Å². The highest BCUT2D eigenvalue weighted by Gasteiger charge is 2.11. The molecule has 3 heteroatoms. The highest BCUT2D eigenvalue weighted by molar-refractivity contribution is 4.62. The number of ether oxygens (including phenoxy) is 3. The van der Waals surface area contributed by atoms with E-state index >= 15 is 0 Å². The number of rotatable bonds is 12. The van der Waals surface area contributed by atoms with Crippen molar-refractivity contribution < 1.29 is 14.2 Å². The first kappa shape index (κ1) is 16.9. The molecular formula is C14H29O3. The maximum Gasteiger partial charge on any atom is 0.0806 e. The molecule has 0 saturated carbocycles. The summed E-state index contributed by atoms with van der Waals surface area (Å²) in [6.07, 6.45) is 5.40. The Kier molecular flexibility index (Phi) is 12.3. The van der Waals surface area contributed by atoms with Crippen LogP contribution in [0.5, 0.6) is 0 Å². The van der Waals surface area contributed by atoms with Crippen molar-refractivity contribution in [1.29, 1.82) is 0 Å². The molecule has 1 radical (unpaired) electrons. The van der Waals surface area contributed by atoms with Gasteiger partial charge in [0.1, 0.15) is 0 Å². The van der Waals surface area contributed by atoms with E-state index in [1.165, 1.54) is 6.42 Å². The van der Waals surface area contributed by atoms with Crippen LogP contribution in [0.2, 0.25) is 0 Å². The summed E-state index contributed by atoms with van der Waals surface area (Å²) >= 11 is 0. The molecule has 0 aliphatic carbocycles. The molecule has 2 atom stereocenters. The highest BCUT2D eigenvalue weighted by atomic mass is 16.5. The van der Waals surface area contributed by atoms with Crippen LogP contribution in [0.1, 0.15) is 46.0 Å². The normalized spacial score (nSPS) is 14.8. The lowest BCUT2D eigenvalue weighted by molar-refractivity contribution is -0.0518. The van der Waals surface area contributed by atoms with Gasteiger partial charge in [0.15, 0.2) is 0 Å². The molecule has 0 N–H and O–H groups in total. The van der Waals surface area contributed by atoms with E-state index in [2.05, 4.69) is 20.8 Å². The van der Waals surface area contributed by atoms with Crippen LogP contribution in [-0.4, -0.2) is 39.1 Å². The van der Waals surface area contributed by atoms with E-state index in [0.717, 1.165) is 38.9 Å². The van der Waals surface area contributed by atoms with Gasteiger partial charge >= 0.3 is 0 Å². The first-order valence-electron chi connectivity index (χ1n) is 6.79. The van der Waals surface area contributed by atoms with Gasteiger partial charge < -0.3 is 14.2 Å². The Balaban J connectivity index is 3.69. The summed E-state index contributed by atoms with van der Waals surface area (Å²) in [6, 6.07) is 0. The smallest absolute Gasteiger partial charge is 0.0806 e. The van der Waals surface area contributed by atoms with E-state index in [9.17, 15) is 0 Å². The number of hydrogen-bond acceptors (Lipinski definition) is 3. The molecular weight excluding hydrogens is 216 g/mol. The summed E-state index contributed by atoms with van der Waals surface area (Å²) in [6.45, 7) is 10.4. The van der Waals surface area contributed by atoms with Gasteiger partial charge in [0.2, 0.25) is 0 Å². The molecule has 0 aromatic carbocycles. The first-order chi connectivity index (χ1) is 8.28. The van der Waals surface area contributed by atoms with Gasteiger partial charge in [-0.05, 0) is 25.7 Å². The van der Waals surface area contributed by atoms with Crippen LogP contribution in [0.25, 0.3) is 0 Å². The molecule has 0 rings (SSSR count). The molecule has 0 aromatic rings. The van der Waals surface area contributed by atoms with Crippen molar-refractivity contribution in [2.24, 2.45) is 0 Å². The fourth-order valence-corrected chi connectivity index (χ4v) is 1.48. The molecule has 0 aliphatic rings. The van der Waals surface area contributed by atoms with E-state index in [1.54, 1.807) is 7.11 Å². The Morgan fingerprint density at radius 3 is 2.35 bits per heavy atom. The summed E-state index contributed by atoms with van der Waals surface area (Å²) in [5.74, 6) is 0. The third-order valence-corrected chi connectivity index (χ3v) is 2.79. The van der Waals surface area contributed by atoms with E-state index in [4.69, 9.17) is 14.2 Å². The van der Waals surface area contributed by atoms with Gasteiger partial charge in [-0.1, -0.05) is 27.2 Å². The summed E-state index contributed by atoms with van der Waals surface area (Å²) in [7, 11) is 1.71. The second kappa shape index (κ2) is 12.3. The predicted octanol–water partition coefficient (Wildman–Crippen LogP) is 3.23. The SMILES string of the molecule is [CH2]CC(CCOC)OCC(CC)OCCCC. The van der Waals surface area contributed by atoms with Crippen molar-refractivity contribution in [3.63, 3.8) is 0 Å². The molecule has 2 unspecified atom stereocenters.